The molecule has 1 aliphatic carbocycles. The third-order valence-corrected chi connectivity index (χ3v) is 2.20. The van der Waals surface area contributed by atoms with Crippen molar-refractivity contribution >= 4 is 17.6 Å². The van der Waals surface area contributed by atoms with Crippen LogP contribution in [0.4, 0.5) is 4.39 Å². The van der Waals surface area contributed by atoms with Crippen molar-refractivity contribution in [1.82, 2.24) is 0 Å². The first-order valence-corrected chi connectivity index (χ1v) is 4.38. The van der Waals surface area contributed by atoms with Gasteiger partial charge >= 0.3 is 5.97 Å². The Hall–Kier alpha value is -0.830. The highest BCUT2D eigenvalue weighted by atomic mass is 35.5. The van der Waals surface area contributed by atoms with Crippen LogP contribution in [0.1, 0.15) is 12.8 Å². The number of rotatable bonds is 3. The van der Waals surface area contributed by atoms with Gasteiger partial charge in [-0.2, -0.15) is 0 Å². The first-order valence-electron chi connectivity index (χ1n) is 4.00. The molecule has 1 rings (SSSR count). The number of alkyl halides is 1. The molecule has 0 aromatic carbocycles. The number of carbonyl (C=O) groups is 1. The molecule has 0 fully saturated rings. The van der Waals surface area contributed by atoms with Crippen LogP contribution in [0.2, 0.25) is 0 Å². The van der Waals surface area contributed by atoms with Crippen molar-refractivity contribution in [2.24, 2.45) is 5.92 Å². The quantitative estimate of drug-likeness (QED) is 0.767. The van der Waals surface area contributed by atoms with E-state index >= 15 is 0 Å². The first-order chi connectivity index (χ1) is 6.09. The maximum atomic E-state index is 12.7. The molecule has 1 N–H and O–H groups in total. The molecule has 0 aromatic heterocycles. The highest BCUT2D eigenvalue weighted by Gasteiger charge is 2.20. The van der Waals surface area contributed by atoms with Gasteiger partial charge in [-0.25, -0.2) is 9.18 Å². The summed E-state index contributed by atoms with van der Waals surface area (Å²) in [7, 11) is 0. The lowest BCUT2D eigenvalue weighted by Crippen LogP contribution is -2.18. The molecule has 0 spiro atoms. The fourth-order valence-corrected chi connectivity index (χ4v) is 1.34. The topological polar surface area (TPSA) is 37.3 Å². The van der Waals surface area contributed by atoms with Crippen molar-refractivity contribution in [1.29, 1.82) is 0 Å². The Morgan fingerprint density at radius 3 is 3.00 bits per heavy atom. The minimum absolute atomic E-state index is 0.0203. The predicted octanol–water partition coefficient (Wildman–Crippen LogP) is 2.50. The molecule has 1 aliphatic rings. The summed E-state index contributed by atoms with van der Waals surface area (Å²) in [6.07, 6.45) is 4.04. The summed E-state index contributed by atoms with van der Waals surface area (Å²) < 4.78 is 12.7. The minimum Gasteiger partial charge on any atom is -0.479 e. The van der Waals surface area contributed by atoms with Gasteiger partial charge in [0.15, 0.2) is 6.17 Å². The van der Waals surface area contributed by atoms with Gasteiger partial charge in [0.05, 0.1) is 0 Å². The Kier molecular flexibility index (Phi) is 3.48. The van der Waals surface area contributed by atoms with Gasteiger partial charge in [-0.1, -0.05) is 23.8 Å². The largest absolute Gasteiger partial charge is 0.479 e. The van der Waals surface area contributed by atoms with Gasteiger partial charge in [0.2, 0.25) is 0 Å². The van der Waals surface area contributed by atoms with Crippen molar-refractivity contribution in [3.63, 3.8) is 0 Å². The summed E-state index contributed by atoms with van der Waals surface area (Å²) >= 11 is 5.65. The number of carboxylic acids is 1. The smallest absolute Gasteiger partial charge is 0.338 e. The third kappa shape index (κ3) is 3.19. The molecule has 0 heterocycles. The second-order valence-electron chi connectivity index (χ2n) is 2.99. The highest BCUT2D eigenvalue weighted by Crippen LogP contribution is 2.23. The number of halogens is 2. The molecule has 2 unspecified atom stereocenters. The van der Waals surface area contributed by atoms with Crippen LogP contribution in [0.5, 0.6) is 0 Å². The van der Waals surface area contributed by atoms with Crippen LogP contribution in [0, 0.1) is 5.92 Å². The lowest BCUT2D eigenvalue weighted by atomic mass is 9.95. The molecule has 2 atom stereocenters. The van der Waals surface area contributed by atoms with E-state index in [2.05, 4.69) is 0 Å². The Morgan fingerprint density at radius 2 is 2.54 bits per heavy atom. The van der Waals surface area contributed by atoms with Crippen LogP contribution in [0.25, 0.3) is 0 Å². The second-order valence-corrected chi connectivity index (χ2v) is 3.42. The lowest BCUT2D eigenvalue weighted by Gasteiger charge is -2.14. The predicted molar refractivity (Wildman–Crippen MR) is 48.3 cm³/mol. The van der Waals surface area contributed by atoms with E-state index in [0.717, 1.165) is 0 Å². The molecule has 72 valence electrons. The zero-order valence-corrected chi connectivity index (χ0v) is 7.67. The molecular formula is C9H10ClFO2. The zero-order valence-electron chi connectivity index (χ0n) is 6.91. The number of allylic oxidation sites excluding steroid dienone is 4. The van der Waals surface area contributed by atoms with E-state index in [-0.39, 0.29) is 12.3 Å². The Morgan fingerprint density at radius 1 is 1.85 bits per heavy atom. The Balaban J connectivity index is 2.41. The summed E-state index contributed by atoms with van der Waals surface area (Å²) in [6.45, 7) is 0. The van der Waals surface area contributed by atoms with Crippen molar-refractivity contribution in [3.05, 3.63) is 23.3 Å². The van der Waals surface area contributed by atoms with Gasteiger partial charge in [0.25, 0.3) is 0 Å². The molecule has 4 heteroatoms. The minimum atomic E-state index is -1.78. The molecule has 0 aromatic rings. The van der Waals surface area contributed by atoms with E-state index in [1.165, 1.54) is 0 Å². The Labute approximate surface area is 80.7 Å². The maximum Gasteiger partial charge on any atom is 0.338 e. The Bertz CT molecular complexity index is 260. The van der Waals surface area contributed by atoms with Crippen LogP contribution in [0.3, 0.4) is 0 Å². The fraction of sp³-hybridized carbons (Fsp3) is 0.444. The number of hydrogen-bond acceptors (Lipinski definition) is 1. The fourth-order valence-electron chi connectivity index (χ4n) is 1.18. The summed E-state index contributed by atoms with van der Waals surface area (Å²) in [6, 6.07) is 0. The molecular weight excluding hydrogens is 195 g/mol. The monoisotopic (exact) mass is 204 g/mol. The number of hydrogen-bond donors (Lipinski definition) is 1. The van der Waals surface area contributed by atoms with E-state index in [9.17, 15) is 9.18 Å². The van der Waals surface area contributed by atoms with Crippen LogP contribution in [-0.2, 0) is 4.79 Å². The second kappa shape index (κ2) is 4.42. The summed E-state index contributed by atoms with van der Waals surface area (Å²) in [5.74, 6) is -1.44. The molecule has 0 amide bonds. The molecule has 0 saturated carbocycles. The van der Waals surface area contributed by atoms with Crippen LogP contribution in [-0.4, -0.2) is 17.2 Å². The molecule has 0 bridgehead atoms. The third-order valence-electron chi connectivity index (χ3n) is 1.92. The van der Waals surface area contributed by atoms with Gasteiger partial charge in [0, 0.05) is 5.03 Å². The van der Waals surface area contributed by atoms with Crippen LogP contribution < -0.4 is 0 Å². The van der Waals surface area contributed by atoms with Crippen LogP contribution in [0.15, 0.2) is 23.3 Å². The van der Waals surface area contributed by atoms with Crippen molar-refractivity contribution < 1.29 is 14.3 Å². The standard InChI is InChI=1S/C9H10ClFO2/c10-7-3-1-6(2-4-7)5-8(11)9(12)13/h1,3-4,6,8H,2,5H2,(H,12,13). The molecule has 2 nitrogen and oxygen atoms in total. The SMILES string of the molecule is O=C(O)C(F)CC1C=CC(Cl)=CC1. The van der Waals surface area contributed by atoms with E-state index in [1.807, 2.05) is 0 Å². The van der Waals surface area contributed by atoms with Crippen molar-refractivity contribution in [2.75, 3.05) is 0 Å². The van der Waals surface area contributed by atoms with Gasteiger partial charge in [0.1, 0.15) is 0 Å². The summed E-state index contributed by atoms with van der Waals surface area (Å²) in [5.41, 5.74) is 0. The molecule has 13 heavy (non-hydrogen) atoms. The lowest BCUT2D eigenvalue weighted by molar-refractivity contribution is -0.143. The highest BCUT2D eigenvalue weighted by molar-refractivity contribution is 6.31. The average molecular weight is 205 g/mol. The van der Waals surface area contributed by atoms with Gasteiger partial charge in [-0.15, -0.1) is 0 Å². The van der Waals surface area contributed by atoms with Crippen molar-refractivity contribution in [2.45, 2.75) is 19.0 Å². The van der Waals surface area contributed by atoms with E-state index in [4.69, 9.17) is 16.7 Å². The summed E-state index contributed by atoms with van der Waals surface area (Å²) in [4.78, 5) is 10.2. The molecule has 0 saturated heterocycles. The van der Waals surface area contributed by atoms with Crippen molar-refractivity contribution in [3.8, 4) is 0 Å². The van der Waals surface area contributed by atoms with Gasteiger partial charge in [-0.05, 0) is 24.8 Å². The summed E-state index contributed by atoms with van der Waals surface area (Å²) in [5, 5.41) is 8.95. The maximum absolute atomic E-state index is 12.7. The van der Waals surface area contributed by atoms with Gasteiger partial charge < -0.3 is 5.11 Å². The number of aliphatic carboxylic acids is 1. The normalized spacial score (nSPS) is 23.8. The van der Waals surface area contributed by atoms with Gasteiger partial charge in [-0.3, -0.25) is 0 Å². The van der Waals surface area contributed by atoms with E-state index in [0.29, 0.717) is 11.5 Å². The number of carboxylic acid groups (broad SMARTS) is 1. The molecule has 0 aliphatic heterocycles. The van der Waals surface area contributed by atoms with E-state index in [1.54, 1.807) is 18.2 Å². The zero-order chi connectivity index (χ0) is 9.84. The average Bonchev–Trinajstić information content (AvgIpc) is 2.08. The van der Waals surface area contributed by atoms with E-state index < -0.39 is 12.1 Å². The molecule has 0 radical (unpaired) electrons. The first kappa shape index (κ1) is 10.3. The van der Waals surface area contributed by atoms with Crippen LogP contribution >= 0.6 is 11.6 Å².